The molecule has 0 saturated heterocycles. The molecule has 1 heterocycles. The third kappa shape index (κ3) is 6.08. The summed E-state index contributed by atoms with van der Waals surface area (Å²) in [5.74, 6) is -1.19. The van der Waals surface area contributed by atoms with Gasteiger partial charge >= 0.3 is 0 Å². The number of hydrogen-bond donors (Lipinski definition) is 2. The van der Waals surface area contributed by atoms with E-state index in [4.69, 9.17) is 11.6 Å². The first-order chi connectivity index (χ1) is 14.9. The number of thiophene rings is 1. The van der Waals surface area contributed by atoms with Crippen molar-refractivity contribution in [2.24, 2.45) is 5.10 Å². The minimum atomic E-state index is -0.646. The molecule has 0 fully saturated rings. The molecular weight excluding hydrogens is 440 g/mol. The van der Waals surface area contributed by atoms with Crippen molar-refractivity contribution in [2.45, 2.75) is 0 Å². The van der Waals surface area contributed by atoms with Gasteiger partial charge in [-0.15, -0.1) is 11.3 Å². The maximum atomic E-state index is 12.6. The molecular formula is C21H15ClN4O4S. The Balaban J connectivity index is 1.74. The summed E-state index contributed by atoms with van der Waals surface area (Å²) >= 11 is 7.45. The summed E-state index contributed by atoms with van der Waals surface area (Å²) in [5, 5.41) is 19.2. The largest absolute Gasteiger partial charge is 0.317 e. The Labute approximate surface area is 186 Å². The highest BCUT2D eigenvalue weighted by molar-refractivity contribution is 7.10. The summed E-state index contributed by atoms with van der Waals surface area (Å²) in [7, 11) is 0. The van der Waals surface area contributed by atoms with Gasteiger partial charge in [-0.3, -0.25) is 19.7 Å². The Morgan fingerprint density at radius 1 is 1.06 bits per heavy atom. The van der Waals surface area contributed by atoms with Crippen LogP contribution in [-0.4, -0.2) is 23.0 Å². The molecule has 156 valence electrons. The van der Waals surface area contributed by atoms with Gasteiger partial charge in [0.25, 0.3) is 17.5 Å². The first kappa shape index (κ1) is 21.9. The van der Waals surface area contributed by atoms with Crippen LogP contribution in [0.3, 0.4) is 0 Å². The number of nitro benzene ring substituents is 1. The van der Waals surface area contributed by atoms with Gasteiger partial charge in [-0.05, 0) is 47.4 Å². The fraction of sp³-hybridized carbons (Fsp3) is 0. The normalized spacial score (nSPS) is 11.3. The molecule has 0 aliphatic heterocycles. The Hall–Kier alpha value is -3.82. The molecule has 2 N–H and O–H groups in total. The van der Waals surface area contributed by atoms with Gasteiger partial charge in [-0.2, -0.15) is 5.10 Å². The number of carbonyl (C=O) groups is 2. The summed E-state index contributed by atoms with van der Waals surface area (Å²) in [5.41, 5.74) is 3.04. The van der Waals surface area contributed by atoms with Crippen molar-refractivity contribution in [3.05, 3.63) is 103 Å². The zero-order chi connectivity index (χ0) is 22.2. The van der Waals surface area contributed by atoms with Crippen molar-refractivity contribution >= 4 is 52.7 Å². The molecule has 8 nitrogen and oxygen atoms in total. The van der Waals surface area contributed by atoms with Crippen LogP contribution in [0.25, 0.3) is 6.08 Å². The van der Waals surface area contributed by atoms with Crippen molar-refractivity contribution in [1.29, 1.82) is 0 Å². The van der Waals surface area contributed by atoms with Crippen LogP contribution in [0, 0.1) is 10.1 Å². The number of rotatable bonds is 7. The summed E-state index contributed by atoms with van der Waals surface area (Å²) in [4.78, 5) is 36.2. The van der Waals surface area contributed by atoms with E-state index in [0.717, 1.165) is 4.88 Å². The van der Waals surface area contributed by atoms with Crippen molar-refractivity contribution in [2.75, 3.05) is 0 Å². The molecule has 2 aromatic carbocycles. The van der Waals surface area contributed by atoms with E-state index in [9.17, 15) is 19.7 Å². The fourth-order valence-electron chi connectivity index (χ4n) is 2.42. The molecule has 0 atom stereocenters. The molecule has 0 spiro atoms. The summed E-state index contributed by atoms with van der Waals surface area (Å²) in [6, 6.07) is 15.7. The zero-order valence-electron chi connectivity index (χ0n) is 15.8. The van der Waals surface area contributed by atoms with E-state index in [1.165, 1.54) is 47.9 Å². The minimum absolute atomic E-state index is 0.0202. The fourth-order valence-corrected chi connectivity index (χ4v) is 3.30. The SMILES string of the molecule is O=C(N/N=C/c1ccc([N+](=O)[O-])cc1)/C(=C/c1cccs1)NC(=O)c1ccccc1Cl. The number of amides is 2. The predicted molar refractivity (Wildman–Crippen MR) is 120 cm³/mol. The number of benzene rings is 2. The van der Waals surface area contributed by atoms with E-state index >= 15 is 0 Å². The van der Waals surface area contributed by atoms with Crippen molar-refractivity contribution in [3.8, 4) is 0 Å². The lowest BCUT2D eigenvalue weighted by Gasteiger charge is -2.09. The highest BCUT2D eigenvalue weighted by atomic mass is 35.5. The molecule has 0 unspecified atom stereocenters. The van der Waals surface area contributed by atoms with Gasteiger partial charge in [0.05, 0.1) is 21.7 Å². The van der Waals surface area contributed by atoms with Crippen molar-refractivity contribution in [3.63, 3.8) is 0 Å². The van der Waals surface area contributed by atoms with Crippen LogP contribution in [0.5, 0.6) is 0 Å². The van der Waals surface area contributed by atoms with Gasteiger partial charge in [-0.25, -0.2) is 5.43 Å². The number of hydrazone groups is 1. The van der Waals surface area contributed by atoms with E-state index in [-0.39, 0.29) is 22.0 Å². The highest BCUT2D eigenvalue weighted by Gasteiger charge is 2.16. The second-order valence-electron chi connectivity index (χ2n) is 6.06. The standard InChI is InChI=1S/C21H15ClN4O4S/c22-18-6-2-1-5-17(18)20(27)24-19(12-16-4-3-11-31-16)21(28)25-23-13-14-7-9-15(10-8-14)26(29)30/h1-13H,(H,24,27)(H,25,28)/b19-12-,23-13+. The first-order valence-corrected chi connectivity index (χ1v) is 10.1. The van der Waals surface area contributed by atoms with Crippen molar-refractivity contribution < 1.29 is 14.5 Å². The Morgan fingerprint density at radius 3 is 2.45 bits per heavy atom. The summed E-state index contributed by atoms with van der Waals surface area (Å²) < 4.78 is 0. The first-order valence-electron chi connectivity index (χ1n) is 8.83. The van der Waals surface area contributed by atoms with Gasteiger partial charge in [0.2, 0.25) is 0 Å². The second-order valence-corrected chi connectivity index (χ2v) is 7.44. The average molecular weight is 455 g/mol. The summed E-state index contributed by atoms with van der Waals surface area (Å²) in [6.07, 6.45) is 2.86. The molecule has 0 radical (unpaired) electrons. The molecule has 0 aliphatic carbocycles. The van der Waals surface area contributed by atoms with Crippen LogP contribution in [0.4, 0.5) is 5.69 Å². The van der Waals surface area contributed by atoms with E-state index in [2.05, 4.69) is 15.8 Å². The third-order valence-electron chi connectivity index (χ3n) is 3.92. The highest BCUT2D eigenvalue weighted by Crippen LogP contribution is 2.17. The Bertz CT molecular complexity index is 1160. The smallest absolute Gasteiger partial charge is 0.287 e. The van der Waals surface area contributed by atoms with Gasteiger partial charge in [0.15, 0.2) is 0 Å². The van der Waals surface area contributed by atoms with E-state index in [1.54, 1.807) is 30.3 Å². The molecule has 1 aromatic heterocycles. The van der Waals surface area contributed by atoms with Crippen LogP contribution in [0.1, 0.15) is 20.8 Å². The van der Waals surface area contributed by atoms with Gasteiger partial charge in [-0.1, -0.05) is 29.8 Å². The number of non-ortho nitro benzene ring substituents is 1. The van der Waals surface area contributed by atoms with Crippen LogP contribution in [0.2, 0.25) is 5.02 Å². The summed E-state index contributed by atoms with van der Waals surface area (Å²) in [6.45, 7) is 0. The van der Waals surface area contributed by atoms with Crippen LogP contribution in [0.15, 0.2) is 76.8 Å². The van der Waals surface area contributed by atoms with Crippen molar-refractivity contribution in [1.82, 2.24) is 10.7 Å². The molecule has 0 aliphatic rings. The lowest BCUT2D eigenvalue weighted by atomic mass is 10.2. The maximum absolute atomic E-state index is 12.6. The minimum Gasteiger partial charge on any atom is -0.317 e. The van der Waals surface area contributed by atoms with E-state index in [1.807, 2.05) is 11.4 Å². The molecule has 2 amide bonds. The van der Waals surface area contributed by atoms with Crippen LogP contribution < -0.4 is 10.7 Å². The molecule has 3 rings (SSSR count). The number of nitrogens with zero attached hydrogens (tertiary/aromatic N) is 2. The molecule has 0 bridgehead atoms. The Morgan fingerprint density at radius 2 is 1.81 bits per heavy atom. The van der Waals surface area contributed by atoms with Crippen LogP contribution in [-0.2, 0) is 4.79 Å². The number of carbonyl (C=O) groups excluding carboxylic acids is 2. The molecule has 3 aromatic rings. The lowest BCUT2D eigenvalue weighted by Crippen LogP contribution is -2.32. The van der Waals surface area contributed by atoms with Gasteiger partial charge in [0, 0.05) is 17.0 Å². The van der Waals surface area contributed by atoms with E-state index in [0.29, 0.717) is 5.56 Å². The predicted octanol–water partition coefficient (Wildman–Crippen LogP) is 4.23. The number of halogens is 1. The maximum Gasteiger partial charge on any atom is 0.287 e. The molecule has 10 heteroatoms. The van der Waals surface area contributed by atoms with Gasteiger partial charge in [0.1, 0.15) is 5.70 Å². The average Bonchev–Trinajstić information content (AvgIpc) is 3.27. The lowest BCUT2D eigenvalue weighted by molar-refractivity contribution is -0.384. The van der Waals surface area contributed by atoms with Gasteiger partial charge < -0.3 is 5.32 Å². The molecule has 0 saturated carbocycles. The third-order valence-corrected chi connectivity index (χ3v) is 5.07. The molecule has 31 heavy (non-hydrogen) atoms. The topological polar surface area (TPSA) is 114 Å². The number of nitro groups is 1. The number of hydrogen-bond acceptors (Lipinski definition) is 6. The quantitative estimate of drug-likeness (QED) is 0.240. The van der Waals surface area contributed by atoms with Crippen LogP contribution >= 0.6 is 22.9 Å². The Kier molecular flexibility index (Phi) is 7.26. The number of nitrogens with one attached hydrogen (secondary N) is 2. The monoisotopic (exact) mass is 454 g/mol. The van der Waals surface area contributed by atoms with E-state index < -0.39 is 16.7 Å². The zero-order valence-corrected chi connectivity index (χ0v) is 17.4. The second kappa shape index (κ2) is 10.3.